The van der Waals surface area contributed by atoms with E-state index in [1.807, 2.05) is 39.0 Å². The van der Waals surface area contributed by atoms with Gasteiger partial charge in [-0.15, -0.1) is 11.8 Å². The first kappa shape index (κ1) is 19.3. The largest absolute Gasteiger partial charge is 0.501 e. The van der Waals surface area contributed by atoms with Crippen LogP contribution in [0.3, 0.4) is 0 Å². The SMILES string of the molecule is CCO/C=C(/CCSc1ccccc1)P(=O)(OCC)OCC. The molecule has 0 aliphatic rings. The molecule has 22 heavy (non-hydrogen) atoms. The monoisotopic (exact) mass is 344 g/mol. The van der Waals surface area contributed by atoms with E-state index in [1.165, 1.54) is 11.2 Å². The number of thioether (sulfide) groups is 1. The Morgan fingerprint density at radius 2 is 1.73 bits per heavy atom. The van der Waals surface area contributed by atoms with Crippen LogP contribution in [-0.4, -0.2) is 25.6 Å². The molecule has 0 fully saturated rings. The van der Waals surface area contributed by atoms with Crippen LogP contribution in [0, 0.1) is 0 Å². The summed E-state index contributed by atoms with van der Waals surface area (Å²) in [7, 11) is -3.26. The van der Waals surface area contributed by atoms with E-state index in [2.05, 4.69) is 12.1 Å². The van der Waals surface area contributed by atoms with Crippen LogP contribution in [0.2, 0.25) is 0 Å². The van der Waals surface area contributed by atoms with E-state index in [9.17, 15) is 4.57 Å². The minimum absolute atomic E-state index is 0.340. The molecule has 0 saturated carbocycles. The second kappa shape index (κ2) is 10.9. The van der Waals surface area contributed by atoms with Gasteiger partial charge < -0.3 is 13.8 Å². The summed E-state index contributed by atoms with van der Waals surface area (Å²) in [4.78, 5) is 1.18. The van der Waals surface area contributed by atoms with Gasteiger partial charge in [0.05, 0.1) is 31.4 Å². The topological polar surface area (TPSA) is 44.8 Å². The fourth-order valence-electron chi connectivity index (χ4n) is 1.77. The number of benzene rings is 1. The highest BCUT2D eigenvalue weighted by atomic mass is 32.2. The number of allylic oxidation sites excluding steroid dienone is 1. The molecule has 0 atom stereocenters. The lowest BCUT2D eigenvalue weighted by molar-refractivity contribution is 0.221. The van der Waals surface area contributed by atoms with Crippen LogP contribution >= 0.6 is 19.4 Å². The Morgan fingerprint density at radius 3 is 2.27 bits per heavy atom. The summed E-state index contributed by atoms with van der Waals surface area (Å²) in [5, 5.41) is 0.599. The zero-order chi connectivity index (χ0) is 16.3. The van der Waals surface area contributed by atoms with Gasteiger partial charge in [0.2, 0.25) is 0 Å². The first-order valence-electron chi connectivity index (χ1n) is 7.54. The standard InChI is InChI=1S/C16H25O4PS/c1-4-18-14-15(21(17,19-5-2)20-6-3)12-13-22-16-10-8-7-9-11-16/h7-11,14H,4-6,12-13H2,1-3H3/b15-14-. The van der Waals surface area contributed by atoms with E-state index in [4.69, 9.17) is 13.8 Å². The molecule has 0 saturated heterocycles. The van der Waals surface area contributed by atoms with Gasteiger partial charge in [0.15, 0.2) is 0 Å². The number of rotatable bonds is 11. The molecule has 1 aromatic carbocycles. The Kier molecular flexibility index (Phi) is 9.56. The molecule has 6 heteroatoms. The van der Waals surface area contributed by atoms with Crippen molar-refractivity contribution in [2.45, 2.75) is 32.1 Å². The minimum atomic E-state index is -3.26. The second-order valence-electron chi connectivity index (χ2n) is 4.31. The zero-order valence-electron chi connectivity index (χ0n) is 13.5. The molecule has 0 aromatic heterocycles. The molecule has 1 aromatic rings. The van der Waals surface area contributed by atoms with Gasteiger partial charge in [0, 0.05) is 10.6 Å². The first-order valence-corrected chi connectivity index (χ1v) is 10.1. The molecule has 0 aliphatic heterocycles. The van der Waals surface area contributed by atoms with Gasteiger partial charge in [0.25, 0.3) is 0 Å². The van der Waals surface area contributed by atoms with Crippen LogP contribution in [0.25, 0.3) is 0 Å². The van der Waals surface area contributed by atoms with Crippen LogP contribution in [0.1, 0.15) is 27.2 Å². The molecule has 0 spiro atoms. The van der Waals surface area contributed by atoms with Crippen LogP contribution in [0.15, 0.2) is 46.8 Å². The van der Waals surface area contributed by atoms with Gasteiger partial charge in [-0.05, 0) is 39.3 Å². The van der Waals surface area contributed by atoms with Crippen LogP contribution in [-0.2, 0) is 18.3 Å². The normalized spacial score (nSPS) is 12.4. The highest BCUT2D eigenvalue weighted by Gasteiger charge is 2.29. The quantitative estimate of drug-likeness (QED) is 0.309. The average Bonchev–Trinajstić information content (AvgIpc) is 2.52. The van der Waals surface area contributed by atoms with Crippen molar-refractivity contribution < 1.29 is 18.3 Å². The van der Waals surface area contributed by atoms with E-state index in [0.717, 1.165) is 5.75 Å². The van der Waals surface area contributed by atoms with E-state index >= 15 is 0 Å². The first-order chi connectivity index (χ1) is 10.7. The zero-order valence-corrected chi connectivity index (χ0v) is 15.2. The highest BCUT2D eigenvalue weighted by Crippen LogP contribution is 2.57. The summed E-state index contributed by atoms with van der Waals surface area (Å²) < 4.78 is 29.0. The Labute approximate surface area is 137 Å². The third-order valence-electron chi connectivity index (χ3n) is 2.71. The van der Waals surface area contributed by atoms with E-state index in [1.54, 1.807) is 11.8 Å². The van der Waals surface area contributed by atoms with Crippen molar-refractivity contribution in [3.8, 4) is 0 Å². The van der Waals surface area contributed by atoms with Crippen molar-refractivity contribution in [2.24, 2.45) is 0 Å². The van der Waals surface area contributed by atoms with Crippen molar-refractivity contribution in [2.75, 3.05) is 25.6 Å². The number of hydrogen-bond donors (Lipinski definition) is 0. The molecule has 0 radical (unpaired) electrons. The third-order valence-corrected chi connectivity index (χ3v) is 5.95. The summed E-state index contributed by atoms with van der Waals surface area (Å²) in [5.41, 5.74) is 0. The lowest BCUT2D eigenvalue weighted by atomic mass is 10.4. The molecule has 0 unspecified atom stereocenters. The lowest BCUT2D eigenvalue weighted by Crippen LogP contribution is -2.01. The van der Waals surface area contributed by atoms with Gasteiger partial charge in [-0.25, -0.2) is 0 Å². The maximum Gasteiger partial charge on any atom is 0.360 e. The molecule has 1 rings (SSSR count). The van der Waals surface area contributed by atoms with E-state index in [0.29, 0.717) is 31.6 Å². The molecule has 0 heterocycles. The Bertz CT molecular complexity index is 480. The molecular weight excluding hydrogens is 319 g/mol. The molecule has 0 amide bonds. The molecule has 0 bridgehead atoms. The summed E-state index contributed by atoms with van der Waals surface area (Å²) in [6, 6.07) is 10.1. The van der Waals surface area contributed by atoms with Gasteiger partial charge in [-0.1, -0.05) is 18.2 Å². The van der Waals surface area contributed by atoms with Crippen molar-refractivity contribution in [1.82, 2.24) is 0 Å². The molecule has 0 aliphatic carbocycles. The Hall–Kier alpha value is -0.740. The molecule has 124 valence electrons. The summed E-state index contributed by atoms with van der Waals surface area (Å²) in [5.74, 6) is 0.785. The summed E-state index contributed by atoms with van der Waals surface area (Å²) >= 11 is 1.71. The van der Waals surface area contributed by atoms with Gasteiger partial charge in [-0.2, -0.15) is 0 Å². The lowest BCUT2D eigenvalue weighted by Gasteiger charge is -2.19. The average molecular weight is 344 g/mol. The van der Waals surface area contributed by atoms with Crippen LogP contribution in [0.4, 0.5) is 0 Å². The van der Waals surface area contributed by atoms with Crippen molar-refractivity contribution >= 4 is 19.4 Å². The molecular formula is C16H25O4PS. The Morgan fingerprint density at radius 1 is 1.09 bits per heavy atom. The maximum atomic E-state index is 12.9. The maximum absolute atomic E-state index is 12.9. The van der Waals surface area contributed by atoms with Crippen molar-refractivity contribution in [3.63, 3.8) is 0 Å². The molecule has 0 N–H and O–H groups in total. The van der Waals surface area contributed by atoms with Crippen LogP contribution in [0.5, 0.6) is 0 Å². The summed E-state index contributed by atoms with van der Waals surface area (Å²) in [6.07, 6.45) is 2.13. The van der Waals surface area contributed by atoms with E-state index in [-0.39, 0.29) is 0 Å². The van der Waals surface area contributed by atoms with Crippen molar-refractivity contribution in [1.29, 1.82) is 0 Å². The second-order valence-corrected chi connectivity index (χ2v) is 7.56. The fourth-order valence-corrected chi connectivity index (χ4v) is 4.51. The number of hydrogen-bond acceptors (Lipinski definition) is 5. The smallest absolute Gasteiger partial charge is 0.360 e. The fraction of sp³-hybridized carbons (Fsp3) is 0.500. The van der Waals surface area contributed by atoms with Gasteiger partial charge in [0.1, 0.15) is 0 Å². The van der Waals surface area contributed by atoms with Crippen LogP contribution < -0.4 is 0 Å². The minimum Gasteiger partial charge on any atom is -0.501 e. The van der Waals surface area contributed by atoms with E-state index < -0.39 is 7.60 Å². The summed E-state index contributed by atoms with van der Waals surface area (Å²) in [6.45, 7) is 6.71. The molecule has 4 nitrogen and oxygen atoms in total. The highest BCUT2D eigenvalue weighted by molar-refractivity contribution is 7.99. The Balaban J connectivity index is 2.72. The van der Waals surface area contributed by atoms with Crippen molar-refractivity contribution in [3.05, 3.63) is 41.9 Å². The predicted molar refractivity (Wildman–Crippen MR) is 92.4 cm³/mol. The number of ether oxygens (including phenoxy) is 1. The van der Waals surface area contributed by atoms with Gasteiger partial charge in [-0.3, -0.25) is 4.57 Å². The van der Waals surface area contributed by atoms with Gasteiger partial charge >= 0.3 is 7.60 Å². The third kappa shape index (κ3) is 6.57. The predicted octanol–water partition coefficient (Wildman–Crippen LogP) is 5.31.